The molecule has 0 fully saturated rings. The van der Waals surface area contributed by atoms with Gasteiger partial charge in [0.15, 0.2) is 17.3 Å². The third-order valence-corrected chi connectivity index (χ3v) is 3.50. The van der Waals surface area contributed by atoms with Crippen molar-refractivity contribution in [3.05, 3.63) is 47.9 Å². The molecule has 0 aliphatic heterocycles. The van der Waals surface area contributed by atoms with Crippen LogP contribution in [-0.2, 0) is 11.2 Å². The SMILES string of the molecule is CCOc1ccc(CCNC(=O)CNC(=O)c2ccco2)cc1OCC. The van der Waals surface area contributed by atoms with E-state index in [0.29, 0.717) is 37.7 Å². The maximum Gasteiger partial charge on any atom is 0.287 e. The molecule has 0 aliphatic rings. The van der Waals surface area contributed by atoms with Crippen LogP contribution in [0.4, 0.5) is 0 Å². The molecule has 1 aromatic carbocycles. The zero-order valence-electron chi connectivity index (χ0n) is 15.0. The predicted molar refractivity (Wildman–Crippen MR) is 96.5 cm³/mol. The minimum Gasteiger partial charge on any atom is -0.490 e. The number of carbonyl (C=O) groups excluding carboxylic acids is 2. The summed E-state index contributed by atoms with van der Waals surface area (Å²) in [6.45, 7) is 5.31. The number of amides is 2. The summed E-state index contributed by atoms with van der Waals surface area (Å²) in [5.74, 6) is 0.904. The van der Waals surface area contributed by atoms with Gasteiger partial charge in [0.25, 0.3) is 5.91 Å². The van der Waals surface area contributed by atoms with Crippen molar-refractivity contribution in [3.63, 3.8) is 0 Å². The van der Waals surface area contributed by atoms with Crippen molar-refractivity contribution < 1.29 is 23.5 Å². The van der Waals surface area contributed by atoms with Gasteiger partial charge >= 0.3 is 0 Å². The van der Waals surface area contributed by atoms with Gasteiger partial charge in [0.05, 0.1) is 26.0 Å². The molecule has 7 heteroatoms. The topological polar surface area (TPSA) is 89.8 Å². The summed E-state index contributed by atoms with van der Waals surface area (Å²) in [6, 6.07) is 8.88. The molecule has 2 rings (SSSR count). The lowest BCUT2D eigenvalue weighted by atomic mass is 10.1. The Labute approximate surface area is 152 Å². The molecular formula is C19H24N2O5. The van der Waals surface area contributed by atoms with Crippen molar-refractivity contribution in [3.8, 4) is 11.5 Å². The number of nitrogens with one attached hydrogen (secondary N) is 2. The summed E-state index contributed by atoms with van der Waals surface area (Å²) in [7, 11) is 0. The molecule has 1 aromatic heterocycles. The number of hydrogen-bond acceptors (Lipinski definition) is 5. The summed E-state index contributed by atoms with van der Waals surface area (Å²) >= 11 is 0. The van der Waals surface area contributed by atoms with E-state index in [1.807, 2.05) is 32.0 Å². The molecule has 2 aromatic rings. The monoisotopic (exact) mass is 360 g/mol. The number of furan rings is 1. The van der Waals surface area contributed by atoms with Gasteiger partial charge in [-0.1, -0.05) is 6.07 Å². The summed E-state index contributed by atoms with van der Waals surface area (Å²) in [5.41, 5.74) is 1.02. The van der Waals surface area contributed by atoms with Crippen LogP contribution in [0.5, 0.6) is 11.5 Å². The highest BCUT2D eigenvalue weighted by Crippen LogP contribution is 2.28. The second-order valence-electron chi connectivity index (χ2n) is 5.41. The van der Waals surface area contributed by atoms with E-state index in [-0.39, 0.29) is 18.2 Å². The molecule has 2 amide bonds. The first kappa shape index (κ1) is 19.4. The summed E-state index contributed by atoms with van der Waals surface area (Å²) in [6.07, 6.45) is 2.05. The Morgan fingerprint density at radius 2 is 1.81 bits per heavy atom. The second-order valence-corrected chi connectivity index (χ2v) is 5.41. The smallest absolute Gasteiger partial charge is 0.287 e. The normalized spacial score (nSPS) is 10.2. The Hall–Kier alpha value is -2.96. The Bertz CT molecular complexity index is 713. The molecule has 0 saturated heterocycles. The highest BCUT2D eigenvalue weighted by Gasteiger charge is 2.10. The summed E-state index contributed by atoms with van der Waals surface area (Å²) in [5, 5.41) is 5.27. The lowest BCUT2D eigenvalue weighted by molar-refractivity contribution is -0.120. The molecule has 0 bridgehead atoms. The van der Waals surface area contributed by atoms with Gasteiger partial charge in [-0.05, 0) is 50.1 Å². The van der Waals surface area contributed by atoms with Crippen molar-refractivity contribution in [2.24, 2.45) is 0 Å². The Kier molecular flexibility index (Phi) is 7.54. The highest BCUT2D eigenvalue weighted by molar-refractivity contribution is 5.94. The molecular weight excluding hydrogens is 336 g/mol. The molecule has 140 valence electrons. The average Bonchev–Trinajstić information content (AvgIpc) is 3.17. The quantitative estimate of drug-likeness (QED) is 0.678. The van der Waals surface area contributed by atoms with Crippen molar-refractivity contribution in [1.29, 1.82) is 0 Å². The van der Waals surface area contributed by atoms with Crippen molar-refractivity contribution >= 4 is 11.8 Å². The van der Waals surface area contributed by atoms with Crippen molar-refractivity contribution in [1.82, 2.24) is 10.6 Å². The van der Waals surface area contributed by atoms with Gasteiger partial charge in [-0.25, -0.2) is 0 Å². The first-order chi connectivity index (χ1) is 12.6. The van der Waals surface area contributed by atoms with Gasteiger partial charge in [-0.2, -0.15) is 0 Å². The van der Waals surface area contributed by atoms with Crippen LogP contribution in [0.25, 0.3) is 0 Å². The largest absolute Gasteiger partial charge is 0.490 e. The standard InChI is InChI=1S/C19H24N2O5/c1-3-24-15-8-7-14(12-17(15)25-4-2)9-10-20-18(22)13-21-19(23)16-6-5-11-26-16/h5-8,11-12H,3-4,9-10,13H2,1-2H3,(H,20,22)(H,21,23). The van der Waals surface area contributed by atoms with Crippen LogP contribution in [0, 0.1) is 0 Å². The van der Waals surface area contributed by atoms with E-state index in [9.17, 15) is 9.59 Å². The van der Waals surface area contributed by atoms with Crippen LogP contribution in [0.1, 0.15) is 30.0 Å². The van der Waals surface area contributed by atoms with Crippen LogP contribution in [0.2, 0.25) is 0 Å². The first-order valence-electron chi connectivity index (χ1n) is 8.61. The lowest BCUT2D eigenvalue weighted by Gasteiger charge is -2.12. The molecule has 26 heavy (non-hydrogen) atoms. The molecule has 1 heterocycles. The fraction of sp³-hybridized carbons (Fsp3) is 0.368. The Morgan fingerprint density at radius 1 is 1.04 bits per heavy atom. The number of hydrogen-bond donors (Lipinski definition) is 2. The zero-order valence-corrected chi connectivity index (χ0v) is 15.0. The number of carbonyl (C=O) groups is 2. The molecule has 7 nitrogen and oxygen atoms in total. The van der Waals surface area contributed by atoms with E-state index in [1.165, 1.54) is 12.3 Å². The fourth-order valence-electron chi connectivity index (χ4n) is 2.32. The third kappa shape index (κ3) is 5.84. The maximum atomic E-state index is 11.8. The van der Waals surface area contributed by atoms with Crippen molar-refractivity contribution in [2.75, 3.05) is 26.3 Å². The van der Waals surface area contributed by atoms with Crippen LogP contribution in [0.3, 0.4) is 0 Å². The van der Waals surface area contributed by atoms with E-state index in [2.05, 4.69) is 10.6 Å². The summed E-state index contributed by atoms with van der Waals surface area (Å²) in [4.78, 5) is 23.5. The molecule has 0 radical (unpaired) electrons. The molecule has 2 N–H and O–H groups in total. The molecule has 0 atom stereocenters. The second kappa shape index (κ2) is 10.1. The van der Waals surface area contributed by atoms with E-state index in [0.717, 1.165) is 5.56 Å². The summed E-state index contributed by atoms with van der Waals surface area (Å²) < 4.78 is 16.1. The first-order valence-corrected chi connectivity index (χ1v) is 8.61. The van der Waals surface area contributed by atoms with E-state index in [4.69, 9.17) is 13.9 Å². The maximum absolute atomic E-state index is 11.8. The van der Waals surface area contributed by atoms with Gasteiger partial charge < -0.3 is 24.5 Å². The molecule has 0 aliphatic carbocycles. The van der Waals surface area contributed by atoms with E-state index >= 15 is 0 Å². The van der Waals surface area contributed by atoms with Crippen LogP contribution in [0.15, 0.2) is 41.0 Å². The van der Waals surface area contributed by atoms with Crippen LogP contribution >= 0.6 is 0 Å². The molecule has 0 unspecified atom stereocenters. The van der Waals surface area contributed by atoms with Gasteiger partial charge in [0.1, 0.15) is 0 Å². The number of rotatable bonds is 10. The van der Waals surface area contributed by atoms with Gasteiger partial charge in [0, 0.05) is 6.54 Å². The van der Waals surface area contributed by atoms with Crippen LogP contribution < -0.4 is 20.1 Å². The molecule has 0 spiro atoms. The number of ether oxygens (including phenoxy) is 2. The van der Waals surface area contributed by atoms with E-state index < -0.39 is 5.91 Å². The van der Waals surface area contributed by atoms with Gasteiger partial charge in [-0.3, -0.25) is 9.59 Å². The Balaban J connectivity index is 1.77. The molecule has 0 saturated carbocycles. The van der Waals surface area contributed by atoms with Gasteiger partial charge in [-0.15, -0.1) is 0 Å². The van der Waals surface area contributed by atoms with Crippen molar-refractivity contribution in [2.45, 2.75) is 20.3 Å². The third-order valence-electron chi connectivity index (χ3n) is 3.50. The fourth-order valence-corrected chi connectivity index (χ4v) is 2.32. The predicted octanol–water partition coefficient (Wildman–Crippen LogP) is 2.17. The van der Waals surface area contributed by atoms with Crippen LogP contribution in [-0.4, -0.2) is 38.1 Å². The average molecular weight is 360 g/mol. The van der Waals surface area contributed by atoms with Gasteiger partial charge in [0.2, 0.25) is 5.91 Å². The lowest BCUT2D eigenvalue weighted by Crippen LogP contribution is -2.37. The zero-order chi connectivity index (χ0) is 18.8. The Morgan fingerprint density at radius 3 is 2.50 bits per heavy atom. The minimum atomic E-state index is -0.419. The highest BCUT2D eigenvalue weighted by atomic mass is 16.5. The van der Waals surface area contributed by atoms with E-state index in [1.54, 1.807) is 6.07 Å². The minimum absolute atomic E-state index is 0.104. The number of benzene rings is 1.